The molecule has 1 aromatic carbocycles. The van der Waals surface area contributed by atoms with E-state index in [0.29, 0.717) is 0 Å². The summed E-state index contributed by atoms with van der Waals surface area (Å²) in [5, 5.41) is 1.02. The number of amides is 1. The standard InChI is InChI=1S/C14H17N3O2S/c1-10(18)16-5-7-17(8-6-16)14-15-12-9-11(19-2)3-4-13(12)20-14/h3-4,9H,5-8H2,1-2H3. The molecule has 2 aromatic rings. The lowest BCUT2D eigenvalue weighted by atomic mass is 10.3. The summed E-state index contributed by atoms with van der Waals surface area (Å²) in [7, 11) is 1.66. The van der Waals surface area contributed by atoms with Crippen LogP contribution in [0.1, 0.15) is 6.92 Å². The van der Waals surface area contributed by atoms with Gasteiger partial charge in [0.1, 0.15) is 5.75 Å². The lowest BCUT2D eigenvalue weighted by Gasteiger charge is -2.33. The number of ether oxygens (including phenoxy) is 1. The van der Waals surface area contributed by atoms with Crippen molar-refractivity contribution in [3.8, 4) is 5.75 Å². The highest BCUT2D eigenvalue weighted by Crippen LogP contribution is 2.31. The number of carbonyl (C=O) groups is 1. The molecule has 20 heavy (non-hydrogen) atoms. The van der Waals surface area contributed by atoms with Gasteiger partial charge in [0.05, 0.1) is 17.3 Å². The zero-order valence-corrected chi connectivity index (χ0v) is 12.4. The van der Waals surface area contributed by atoms with E-state index in [2.05, 4.69) is 9.88 Å². The van der Waals surface area contributed by atoms with Gasteiger partial charge >= 0.3 is 0 Å². The molecule has 0 unspecified atom stereocenters. The number of thiazole rings is 1. The van der Waals surface area contributed by atoms with E-state index in [0.717, 1.165) is 47.3 Å². The van der Waals surface area contributed by atoms with E-state index in [-0.39, 0.29) is 5.91 Å². The number of fused-ring (bicyclic) bond motifs is 1. The molecule has 1 aliphatic heterocycles. The molecule has 0 N–H and O–H groups in total. The molecule has 1 aliphatic rings. The third-order valence-electron chi connectivity index (χ3n) is 3.58. The predicted octanol–water partition coefficient (Wildman–Crippen LogP) is 1.97. The lowest BCUT2D eigenvalue weighted by molar-refractivity contribution is -0.129. The molecule has 1 amide bonds. The molecule has 106 valence electrons. The topological polar surface area (TPSA) is 45.7 Å². The van der Waals surface area contributed by atoms with Crippen molar-refractivity contribution in [3.63, 3.8) is 0 Å². The van der Waals surface area contributed by atoms with Crippen LogP contribution in [0.3, 0.4) is 0 Å². The van der Waals surface area contributed by atoms with Crippen LogP contribution in [0.4, 0.5) is 5.13 Å². The minimum atomic E-state index is 0.152. The highest BCUT2D eigenvalue weighted by atomic mass is 32.1. The zero-order valence-electron chi connectivity index (χ0n) is 11.6. The second-order valence-electron chi connectivity index (χ2n) is 4.82. The third kappa shape index (κ3) is 2.43. The maximum absolute atomic E-state index is 11.3. The Morgan fingerprint density at radius 3 is 2.70 bits per heavy atom. The average molecular weight is 291 g/mol. The van der Waals surface area contributed by atoms with E-state index in [1.54, 1.807) is 25.4 Å². The quantitative estimate of drug-likeness (QED) is 0.848. The Labute approximate surface area is 121 Å². The number of hydrogen-bond acceptors (Lipinski definition) is 5. The van der Waals surface area contributed by atoms with Crippen LogP contribution in [-0.4, -0.2) is 49.1 Å². The molecule has 0 atom stereocenters. The number of benzene rings is 1. The van der Waals surface area contributed by atoms with Gasteiger partial charge in [-0.2, -0.15) is 0 Å². The Morgan fingerprint density at radius 2 is 2.05 bits per heavy atom. The second-order valence-corrected chi connectivity index (χ2v) is 5.83. The van der Waals surface area contributed by atoms with Crippen molar-refractivity contribution < 1.29 is 9.53 Å². The van der Waals surface area contributed by atoms with Crippen LogP contribution >= 0.6 is 11.3 Å². The Kier molecular flexibility index (Phi) is 3.48. The van der Waals surface area contributed by atoms with Gasteiger partial charge in [0.25, 0.3) is 0 Å². The summed E-state index contributed by atoms with van der Waals surface area (Å²) in [4.78, 5) is 20.1. The molecule has 0 saturated carbocycles. The van der Waals surface area contributed by atoms with E-state index in [9.17, 15) is 4.79 Å². The fraction of sp³-hybridized carbons (Fsp3) is 0.429. The Balaban J connectivity index is 1.79. The molecule has 1 saturated heterocycles. The number of piperazine rings is 1. The van der Waals surface area contributed by atoms with Crippen LogP contribution in [0.5, 0.6) is 5.75 Å². The van der Waals surface area contributed by atoms with Gasteiger partial charge in [-0.3, -0.25) is 4.79 Å². The Hall–Kier alpha value is -1.82. The summed E-state index contributed by atoms with van der Waals surface area (Å²) in [5.74, 6) is 0.981. The third-order valence-corrected chi connectivity index (χ3v) is 4.68. The first-order valence-corrected chi connectivity index (χ1v) is 7.44. The van der Waals surface area contributed by atoms with Crippen LogP contribution in [-0.2, 0) is 4.79 Å². The van der Waals surface area contributed by atoms with Gasteiger partial charge in [-0.1, -0.05) is 11.3 Å². The van der Waals surface area contributed by atoms with Gasteiger partial charge in [0.15, 0.2) is 5.13 Å². The van der Waals surface area contributed by atoms with Crippen LogP contribution in [0.25, 0.3) is 10.2 Å². The number of anilines is 1. The molecule has 0 radical (unpaired) electrons. The lowest BCUT2D eigenvalue weighted by Crippen LogP contribution is -2.48. The molecule has 0 spiro atoms. The van der Waals surface area contributed by atoms with E-state index in [4.69, 9.17) is 4.74 Å². The molecule has 1 fully saturated rings. The average Bonchev–Trinajstić information content (AvgIpc) is 2.90. The number of rotatable bonds is 2. The molecule has 5 nitrogen and oxygen atoms in total. The van der Waals surface area contributed by atoms with Crippen LogP contribution < -0.4 is 9.64 Å². The fourth-order valence-electron chi connectivity index (χ4n) is 2.37. The van der Waals surface area contributed by atoms with Gasteiger partial charge in [-0.05, 0) is 12.1 Å². The smallest absolute Gasteiger partial charge is 0.219 e. The van der Waals surface area contributed by atoms with Crippen molar-refractivity contribution in [1.82, 2.24) is 9.88 Å². The highest BCUT2D eigenvalue weighted by molar-refractivity contribution is 7.22. The second kappa shape index (κ2) is 5.28. The molecule has 6 heteroatoms. The van der Waals surface area contributed by atoms with E-state index >= 15 is 0 Å². The number of methoxy groups -OCH3 is 1. The molecule has 0 aliphatic carbocycles. The summed E-state index contributed by atoms with van der Waals surface area (Å²) < 4.78 is 6.39. The largest absolute Gasteiger partial charge is 0.497 e. The Bertz CT molecular complexity index is 632. The van der Waals surface area contributed by atoms with Gasteiger partial charge < -0.3 is 14.5 Å². The van der Waals surface area contributed by atoms with E-state index < -0.39 is 0 Å². The first-order chi connectivity index (χ1) is 9.67. The van der Waals surface area contributed by atoms with E-state index in [1.807, 2.05) is 23.1 Å². The van der Waals surface area contributed by atoms with Gasteiger partial charge in [0.2, 0.25) is 5.91 Å². The Morgan fingerprint density at radius 1 is 1.30 bits per heavy atom. The van der Waals surface area contributed by atoms with E-state index in [1.165, 1.54) is 0 Å². The molecular formula is C14H17N3O2S. The maximum atomic E-state index is 11.3. The summed E-state index contributed by atoms with van der Waals surface area (Å²) in [6, 6.07) is 5.96. The SMILES string of the molecule is COc1ccc2sc(N3CCN(C(C)=O)CC3)nc2c1. The molecule has 3 rings (SSSR count). The normalized spacial score (nSPS) is 15.7. The maximum Gasteiger partial charge on any atom is 0.219 e. The predicted molar refractivity (Wildman–Crippen MR) is 80.6 cm³/mol. The van der Waals surface area contributed by atoms with Crippen molar-refractivity contribution in [1.29, 1.82) is 0 Å². The monoisotopic (exact) mass is 291 g/mol. The van der Waals surface area contributed by atoms with Crippen LogP contribution in [0, 0.1) is 0 Å². The molecule has 2 heterocycles. The van der Waals surface area contributed by atoms with Gasteiger partial charge in [-0.25, -0.2) is 4.98 Å². The summed E-state index contributed by atoms with van der Waals surface area (Å²) in [6.45, 7) is 4.86. The first kappa shape index (κ1) is 13.2. The fourth-order valence-corrected chi connectivity index (χ4v) is 3.37. The summed E-state index contributed by atoms with van der Waals surface area (Å²) in [5.41, 5.74) is 0.971. The van der Waals surface area contributed by atoms with Crippen molar-refractivity contribution in [2.45, 2.75) is 6.92 Å². The highest BCUT2D eigenvalue weighted by Gasteiger charge is 2.21. The van der Waals surface area contributed by atoms with Crippen molar-refractivity contribution >= 4 is 32.6 Å². The van der Waals surface area contributed by atoms with Crippen LogP contribution in [0.15, 0.2) is 18.2 Å². The zero-order chi connectivity index (χ0) is 14.1. The molecular weight excluding hydrogens is 274 g/mol. The summed E-state index contributed by atoms with van der Waals surface area (Å²) in [6.07, 6.45) is 0. The summed E-state index contributed by atoms with van der Waals surface area (Å²) >= 11 is 1.69. The number of aromatic nitrogens is 1. The molecule has 0 bridgehead atoms. The van der Waals surface area contributed by atoms with Gasteiger partial charge in [0, 0.05) is 39.2 Å². The van der Waals surface area contributed by atoms with Crippen molar-refractivity contribution in [2.24, 2.45) is 0 Å². The van der Waals surface area contributed by atoms with Crippen molar-refractivity contribution in [2.75, 3.05) is 38.2 Å². The first-order valence-electron chi connectivity index (χ1n) is 6.62. The van der Waals surface area contributed by atoms with Crippen LogP contribution in [0.2, 0.25) is 0 Å². The molecule has 1 aromatic heterocycles. The van der Waals surface area contributed by atoms with Gasteiger partial charge in [-0.15, -0.1) is 0 Å². The van der Waals surface area contributed by atoms with Crippen molar-refractivity contribution in [3.05, 3.63) is 18.2 Å². The minimum Gasteiger partial charge on any atom is -0.497 e. The number of hydrogen-bond donors (Lipinski definition) is 0. The number of carbonyl (C=O) groups excluding carboxylic acids is 1. The number of nitrogens with zero attached hydrogens (tertiary/aromatic N) is 3. The minimum absolute atomic E-state index is 0.152.